The van der Waals surface area contributed by atoms with Gasteiger partial charge in [0.25, 0.3) is 5.91 Å². The number of benzene rings is 1. The number of hydrogen-bond donors (Lipinski definition) is 2. The van der Waals surface area contributed by atoms with Gasteiger partial charge in [0.05, 0.1) is 31.6 Å². The average Bonchev–Trinajstić information content (AvgIpc) is 3.43. The topological polar surface area (TPSA) is 102 Å². The van der Waals surface area contributed by atoms with Crippen LogP contribution in [0.25, 0.3) is 10.4 Å². The van der Waals surface area contributed by atoms with Gasteiger partial charge in [0.1, 0.15) is 10.6 Å². The minimum Gasteiger partial charge on any atom is -0.497 e. The van der Waals surface area contributed by atoms with Crippen molar-refractivity contribution in [3.8, 4) is 16.2 Å². The van der Waals surface area contributed by atoms with E-state index in [4.69, 9.17) is 10.5 Å². The molecule has 3 aliphatic rings. The number of fused-ring (bicyclic) bond motifs is 3. The van der Waals surface area contributed by atoms with Gasteiger partial charge in [0, 0.05) is 16.1 Å². The highest BCUT2D eigenvalue weighted by molar-refractivity contribution is 7.18. The lowest BCUT2D eigenvalue weighted by molar-refractivity contribution is -0.125. The summed E-state index contributed by atoms with van der Waals surface area (Å²) in [5.41, 5.74) is 9.15. The Morgan fingerprint density at radius 2 is 1.97 bits per heavy atom. The summed E-state index contributed by atoms with van der Waals surface area (Å²) in [6.45, 7) is 4.55. The molecule has 2 aromatic heterocycles. The molecule has 8 nitrogen and oxygen atoms in total. The van der Waals surface area contributed by atoms with E-state index < -0.39 is 5.91 Å². The molecule has 6 rings (SSSR count). The lowest BCUT2D eigenvalue weighted by atomic mass is 9.83. The van der Waals surface area contributed by atoms with Gasteiger partial charge in [0.2, 0.25) is 5.91 Å². The molecule has 3 saturated heterocycles. The Bertz CT molecular complexity index is 1210. The fourth-order valence-corrected chi connectivity index (χ4v) is 6.03. The smallest absolute Gasteiger partial charge is 0.260 e. The molecule has 9 heteroatoms. The van der Waals surface area contributed by atoms with Crippen LogP contribution in [0.3, 0.4) is 0 Å². The van der Waals surface area contributed by atoms with Gasteiger partial charge >= 0.3 is 0 Å². The second-order valence-corrected chi connectivity index (χ2v) is 10.1. The molecule has 0 radical (unpaired) electrons. The van der Waals surface area contributed by atoms with Gasteiger partial charge in [-0.2, -0.15) is 5.10 Å². The molecule has 3 aliphatic heterocycles. The molecule has 1 atom stereocenters. The summed E-state index contributed by atoms with van der Waals surface area (Å²) in [5.74, 6) is 0.837. The third-order valence-electron chi connectivity index (χ3n) is 7.02. The molecular weight excluding hydrogens is 450 g/mol. The number of nitrogens with one attached hydrogen (secondary N) is 1. The van der Waals surface area contributed by atoms with Crippen LogP contribution in [-0.2, 0) is 11.3 Å². The second-order valence-electron chi connectivity index (χ2n) is 9.09. The molecular formula is C25H29N5O3S. The number of rotatable bonds is 7. The van der Waals surface area contributed by atoms with Gasteiger partial charge in [-0.15, -0.1) is 11.3 Å². The maximum Gasteiger partial charge on any atom is 0.260 e. The Kier molecular flexibility index (Phi) is 6.14. The number of methoxy groups -OCH3 is 1. The van der Waals surface area contributed by atoms with E-state index in [1.165, 1.54) is 24.2 Å². The number of nitrogens with two attached hydrogens (primary N) is 1. The number of ether oxygens (including phenoxy) is 1. The van der Waals surface area contributed by atoms with Crippen molar-refractivity contribution in [3.05, 3.63) is 52.7 Å². The molecule has 0 spiro atoms. The molecule has 2 amide bonds. The van der Waals surface area contributed by atoms with E-state index in [0.717, 1.165) is 47.0 Å². The van der Waals surface area contributed by atoms with Crippen molar-refractivity contribution >= 4 is 28.8 Å². The Morgan fingerprint density at radius 1 is 1.24 bits per heavy atom. The molecule has 178 valence electrons. The minimum absolute atomic E-state index is 0.0526. The number of amides is 2. The van der Waals surface area contributed by atoms with Crippen LogP contribution < -0.4 is 15.8 Å². The number of hydrogen-bond acceptors (Lipinski definition) is 6. The van der Waals surface area contributed by atoms with E-state index in [2.05, 4.69) is 15.3 Å². The van der Waals surface area contributed by atoms with E-state index in [9.17, 15) is 9.59 Å². The fraction of sp³-hybridized carbons (Fsp3) is 0.400. The molecule has 2 bridgehead atoms. The molecule has 3 aromatic rings. The van der Waals surface area contributed by atoms with Gasteiger partial charge in [-0.05, 0) is 69.0 Å². The van der Waals surface area contributed by atoms with Crippen LogP contribution in [0.5, 0.6) is 5.75 Å². The zero-order valence-electron chi connectivity index (χ0n) is 19.4. The maximum atomic E-state index is 13.1. The summed E-state index contributed by atoms with van der Waals surface area (Å²) >= 11 is 1.29. The normalized spacial score (nSPS) is 21.4. The zero-order valence-corrected chi connectivity index (χ0v) is 20.2. The number of thiophene rings is 1. The first-order valence-electron chi connectivity index (χ1n) is 11.6. The van der Waals surface area contributed by atoms with Gasteiger partial charge in [-0.1, -0.05) is 12.1 Å². The second kappa shape index (κ2) is 9.23. The van der Waals surface area contributed by atoms with Crippen LogP contribution in [0.1, 0.15) is 40.2 Å². The predicted octanol–water partition coefficient (Wildman–Crippen LogP) is 3.50. The van der Waals surface area contributed by atoms with E-state index in [1.54, 1.807) is 13.3 Å². The summed E-state index contributed by atoms with van der Waals surface area (Å²) in [6, 6.07) is 9.59. The first-order valence-corrected chi connectivity index (χ1v) is 12.4. The SMILES string of the molecule is COc1ccc(Cn2ncc(-c3cc(NC(=O)C4CC5CCN4CC5)c(C(N)=O)s3)c2C)cc1. The molecule has 3 N–H and O–H groups in total. The molecule has 5 heterocycles. The molecule has 0 saturated carbocycles. The van der Waals surface area contributed by atoms with E-state index >= 15 is 0 Å². The summed E-state index contributed by atoms with van der Waals surface area (Å²) < 4.78 is 7.15. The van der Waals surface area contributed by atoms with Crippen molar-refractivity contribution in [2.75, 3.05) is 25.5 Å². The van der Waals surface area contributed by atoms with Crippen LogP contribution in [0.4, 0.5) is 5.69 Å². The maximum absolute atomic E-state index is 13.1. The largest absolute Gasteiger partial charge is 0.497 e. The third kappa shape index (κ3) is 4.33. The van der Waals surface area contributed by atoms with Crippen molar-refractivity contribution in [2.24, 2.45) is 11.7 Å². The number of aromatic nitrogens is 2. The van der Waals surface area contributed by atoms with Crippen LogP contribution in [-0.4, -0.2) is 52.7 Å². The monoisotopic (exact) mass is 479 g/mol. The third-order valence-corrected chi connectivity index (χ3v) is 8.21. The van der Waals surface area contributed by atoms with E-state index in [1.807, 2.05) is 41.9 Å². The fourth-order valence-electron chi connectivity index (χ4n) is 5.01. The number of carbonyl (C=O) groups excluding carboxylic acids is 2. The summed E-state index contributed by atoms with van der Waals surface area (Å²) in [7, 11) is 1.65. The average molecular weight is 480 g/mol. The van der Waals surface area contributed by atoms with Gasteiger partial charge < -0.3 is 15.8 Å². The van der Waals surface area contributed by atoms with Crippen molar-refractivity contribution in [1.82, 2.24) is 14.7 Å². The van der Waals surface area contributed by atoms with Crippen molar-refractivity contribution in [2.45, 2.75) is 38.8 Å². The Labute approximate surface area is 202 Å². The lowest BCUT2D eigenvalue weighted by Crippen LogP contribution is -2.53. The number of primary amides is 1. The molecule has 1 aromatic carbocycles. The quantitative estimate of drug-likeness (QED) is 0.540. The predicted molar refractivity (Wildman–Crippen MR) is 132 cm³/mol. The van der Waals surface area contributed by atoms with Crippen LogP contribution in [0.2, 0.25) is 0 Å². The zero-order chi connectivity index (χ0) is 23.8. The van der Waals surface area contributed by atoms with E-state index in [-0.39, 0.29) is 11.9 Å². The summed E-state index contributed by atoms with van der Waals surface area (Å²) in [5, 5.41) is 7.56. The Hall–Kier alpha value is -3.17. The lowest BCUT2D eigenvalue weighted by Gasteiger charge is -2.44. The van der Waals surface area contributed by atoms with Crippen molar-refractivity contribution < 1.29 is 14.3 Å². The first kappa shape index (κ1) is 22.6. The standard InChI is InChI=1S/C25H29N5O3S/c1-15-19(13-27-30(15)14-17-3-5-18(33-2)6-4-17)22-12-20(23(34-22)24(26)31)28-25(32)21-11-16-7-9-29(21)10-8-16/h3-6,12-13,16,21H,7-11,14H2,1-2H3,(H2,26,31)(H,28,32). The number of piperidine rings is 3. The number of nitrogens with zero attached hydrogens (tertiary/aromatic N) is 3. The Balaban J connectivity index is 1.36. The van der Waals surface area contributed by atoms with Crippen molar-refractivity contribution in [1.29, 1.82) is 0 Å². The van der Waals surface area contributed by atoms with Crippen molar-refractivity contribution in [3.63, 3.8) is 0 Å². The molecule has 3 fully saturated rings. The molecule has 0 aliphatic carbocycles. The first-order chi connectivity index (χ1) is 16.4. The molecule has 34 heavy (non-hydrogen) atoms. The van der Waals surface area contributed by atoms with E-state index in [0.29, 0.717) is 23.0 Å². The number of carbonyl (C=O) groups is 2. The van der Waals surface area contributed by atoms with Gasteiger partial charge in [0.15, 0.2) is 0 Å². The highest BCUT2D eigenvalue weighted by Gasteiger charge is 2.38. The highest BCUT2D eigenvalue weighted by atomic mass is 32.1. The van der Waals surface area contributed by atoms with Crippen LogP contribution >= 0.6 is 11.3 Å². The van der Waals surface area contributed by atoms with Gasteiger partial charge in [-0.25, -0.2) is 0 Å². The molecule has 1 unspecified atom stereocenters. The number of anilines is 1. The van der Waals surface area contributed by atoms with Crippen LogP contribution in [0.15, 0.2) is 36.5 Å². The Morgan fingerprint density at radius 3 is 2.59 bits per heavy atom. The van der Waals surface area contributed by atoms with Gasteiger partial charge in [-0.3, -0.25) is 19.2 Å². The summed E-state index contributed by atoms with van der Waals surface area (Å²) in [6.07, 6.45) is 5.01. The minimum atomic E-state index is -0.541. The van der Waals surface area contributed by atoms with Crippen LogP contribution in [0, 0.1) is 12.8 Å². The highest BCUT2D eigenvalue weighted by Crippen LogP contribution is 2.37. The summed E-state index contributed by atoms with van der Waals surface area (Å²) in [4.78, 5) is 28.7.